The first-order valence-electron chi connectivity index (χ1n) is 8.36. The summed E-state index contributed by atoms with van der Waals surface area (Å²) in [4.78, 5) is 24.0. The summed E-state index contributed by atoms with van der Waals surface area (Å²) in [6.45, 7) is 3.93. The maximum atomic E-state index is 12.5. The second-order valence-corrected chi connectivity index (χ2v) is 5.75. The SMILES string of the molecule is CCOc1ccc(-n2nnc(C(=O)Nc3cccc(C(C)=O)c3)c2N)cc1. The van der Waals surface area contributed by atoms with Gasteiger partial charge in [-0.1, -0.05) is 17.3 Å². The Bertz CT molecular complexity index is 979. The van der Waals surface area contributed by atoms with E-state index in [0.29, 0.717) is 23.5 Å². The summed E-state index contributed by atoms with van der Waals surface area (Å²) >= 11 is 0. The number of rotatable bonds is 6. The third kappa shape index (κ3) is 3.95. The summed E-state index contributed by atoms with van der Waals surface area (Å²) in [5, 5.41) is 10.5. The van der Waals surface area contributed by atoms with Crippen molar-refractivity contribution >= 4 is 23.2 Å². The van der Waals surface area contributed by atoms with Gasteiger partial charge in [0.1, 0.15) is 5.75 Å². The minimum atomic E-state index is -0.509. The van der Waals surface area contributed by atoms with E-state index in [2.05, 4.69) is 15.6 Å². The average Bonchev–Trinajstić information content (AvgIpc) is 3.04. The number of nitrogens with zero attached hydrogens (tertiary/aromatic N) is 3. The Morgan fingerprint density at radius 3 is 2.59 bits per heavy atom. The van der Waals surface area contributed by atoms with Gasteiger partial charge < -0.3 is 15.8 Å². The summed E-state index contributed by atoms with van der Waals surface area (Å²) in [5.41, 5.74) is 7.68. The van der Waals surface area contributed by atoms with Gasteiger partial charge in [0, 0.05) is 11.3 Å². The van der Waals surface area contributed by atoms with Crippen molar-refractivity contribution < 1.29 is 14.3 Å². The van der Waals surface area contributed by atoms with Gasteiger partial charge >= 0.3 is 0 Å². The van der Waals surface area contributed by atoms with Gasteiger partial charge in [0.15, 0.2) is 17.3 Å². The Hall–Kier alpha value is -3.68. The molecule has 0 aliphatic rings. The van der Waals surface area contributed by atoms with Crippen molar-refractivity contribution in [3.05, 3.63) is 59.8 Å². The summed E-state index contributed by atoms with van der Waals surface area (Å²) in [5.74, 6) is 0.236. The number of Topliss-reactive ketones (excluding diaryl/α,β-unsaturated/α-hetero) is 1. The van der Waals surface area contributed by atoms with Gasteiger partial charge in [-0.3, -0.25) is 9.59 Å². The smallest absolute Gasteiger partial charge is 0.280 e. The first-order chi connectivity index (χ1) is 13.0. The highest BCUT2D eigenvalue weighted by molar-refractivity contribution is 6.06. The molecule has 0 bridgehead atoms. The molecule has 0 spiro atoms. The molecule has 0 saturated carbocycles. The molecular weight excluding hydrogens is 346 g/mol. The first kappa shape index (κ1) is 18.1. The number of nitrogen functional groups attached to an aromatic ring is 1. The maximum Gasteiger partial charge on any atom is 0.280 e. The Labute approximate surface area is 155 Å². The lowest BCUT2D eigenvalue weighted by Crippen LogP contribution is -2.15. The summed E-state index contributed by atoms with van der Waals surface area (Å²) in [7, 11) is 0. The Morgan fingerprint density at radius 1 is 1.19 bits per heavy atom. The van der Waals surface area contributed by atoms with Gasteiger partial charge in [-0.15, -0.1) is 5.10 Å². The van der Waals surface area contributed by atoms with Gasteiger partial charge in [0.2, 0.25) is 0 Å². The van der Waals surface area contributed by atoms with Crippen molar-refractivity contribution in [2.45, 2.75) is 13.8 Å². The van der Waals surface area contributed by atoms with Crippen LogP contribution in [-0.4, -0.2) is 33.3 Å². The zero-order chi connectivity index (χ0) is 19.4. The number of aromatic nitrogens is 3. The van der Waals surface area contributed by atoms with E-state index >= 15 is 0 Å². The predicted molar refractivity (Wildman–Crippen MR) is 101 cm³/mol. The van der Waals surface area contributed by atoms with Gasteiger partial charge in [-0.25, -0.2) is 0 Å². The van der Waals surface area contributed by atoms with Gasteiger partial charge in [-0.05, 0) is 50.2 Å². The molecule has 1 aromatic heterocycles. The van der Waals surface area contributed by atoms with Gasteiger partial charge in [-0.2, -0.15) is 4.68 Å². The van der Waals surface area contributed by atoms with E-state index < -0.39 is 5.91 Å². The van der Waals surface area contributed by atoms with E-state index in [4.69, 9.17) is 10.5 Å². The molecule has 1 heterocycles. The molecule has 0 saturated heterocycles. The summed E-state index contributed by atoms with van der Waals surface area (Å²) < 4.78 is 6.77. The van der Waals surface area contributed by atoms with Crippen LogP contribution in [0.1, 0.15) is 34.7 Å². The minimum absolute atomic E-state index is 0.00267. The molecular formula is C19H19N5O3. The van der Waals surface area contributed by atoms with Crippen molar-refractivity contribution in [3.63, 3.8) is 0 Å². The number of nitrogens with two attached hydrogens (primary N) is 1. The molecule has 8 heteroatoms. The maximum absolute atomic E-state index is 12.5. The number of benzene rings is 2. The normalized spacial score (nSPS) is 10.4. The number of carbonyl (C=O) groups excluding carboxylic acids is 2. The molecule has 27 heavy (non-hydrogen) atoms. The zero-order valence-electron chi connectivity index (χ0n) is 15.0. The molecule has 8 nitrogen and oxygen atoms in total. The number of ether oxygens (including phenoxy) is 1. The van der Waals surface area contributed by atoms with Crippen LogP contribution >= 0.6 is 0 Å². The van der Waals surface area contributed by atoms with Crippen molar-refractivity contribution in [1.82, 2.24) is 15.0 Å². The lowest BCUT2D eigenvalue weighted by molar-refractivity contribution is 0.100. The monoisotopic (exact) mass is 365 g/mol. The highest BCUT2D eigenvalue weighted by Crippen LogP contribution is 2.20. The standard InChI is InChI=1S/C19H19N5O3/c1-3-27-16-9-7-15(8-10-16)24-18(20)17(22-23-24)19(26)21-14-6-4-5-13(11-14)12(2)25/h4-11H,3,20H2,1-2H3,(H,21,26). The van der Waals surface area contributed by atoms with E-state index in [9.17, 15) is 9.59 Å². The summed E-state index contributed by atoms with van der Waals surface area (Å²) in [6.07, 6.45) is 0. The van der Waals surface area contributed by atoms with Crippen LogP contribution in [0.2, 0.25) is 0 Å². The van der Waals surface area contributed by atoms with Crippen molar-refractivity contribution in [1.29, 1.82) is 0 Å². The summed E-state index contributed by atoms with van der Waals surface area (Å²) in [6, 6.07) is 13.7. The molecule has 0 unspecified atom stereocenters. The highest BCUT2D eigenvalue weighted by atomic mass is 16.5. The van der Waals surface area contributed by atoms with E-state index in [0.717, 1.165) is 5.75 Å². The third-order valence-electron chi connectivity index (χ3n) is 3.84. The molecule has 0 aliphatic carbocycles. The molecule has 3 N–H and O–H groups in total. The molecule has 0 aliphatic heterocycles. The second-order valence-electron chi connectivity index (χ2n) is 5.75. The second kappa shape index (κ2) is 7.69. The largest absolute Gasteiger partial charge is 0.494 e. The number of ketones is 1. The average molecular weight is 365 g/mol. The minimum Gasteiger partial charge on any atom is -0.494 e. The number of amides is 1. The number of anilines is 2. The van der Waals surface area contributed by atoms with Crippen LogP contribution in [0.3, 0.4) is 0 Å². The Kier molecular flexibility index (Phi) is 5.16. The number of nitrogens with one attached hydrogen (secondary N) is 1. The van der Waals surface area contributed by atoms with Crippen molar-refractivity contribution in [2.24, 2.45) is 0 Å². The molecule has 3 rings (SSSR count). The van der Waals surface area contributed by atoms with Crippen LogP contribution in [0.25, 0.3) is 5.69 Å². The number of carbonyl (C=O) groups is 2. The molecule has 3 aromatic rings. The quantitative estimate of drug-likeness (QED) is 0.650. The fourth-order valence-corrected chi connectivity index (χ4v) is 2.50. The van der Waals surface area contributed by atoms with E-state index in [1.165, 1.54) is 11.6 Å². The lowest BCUT2D eigenvalue weighted by atomic mass is 10.1. The van der Waals surface area contributed by atoms with Crippen LogP contribution < -0.4 is 15.8 Å². The van der Waals surface area contributed by atoms with Crippen molar-refractivity contribution in [2.75, 3.05) is 17.7 Å². The molecule has 0 atom stereocenters. The molecule has 0 radical (unpaired) electrons. The van der Waals surface area contributed by atoms with Crippen LogP contribution in [-0.2, 0) is 0 Å². The molecule has 1 amide bonds. The molecule has 2 aromatic carbocycles. The Balaban J connectivity index is 1.81. The van der Waals surface area contributed by atoms with Crippen LogP contribution in [0.5, 0.6) is 5.75 Å². The predicted octanol–water partition coefficient (Wildman–Crippen LogP) is 2.70. The van der Waals surface area contributed by atoms with Crippen LogP contribution in [0, 0.1) is 0 Å². The van der Waals surface area contributed by atoms with Crippen molar-refractivity contribution in [3.8, 4) is 11.4 Å². The van der Waals surface area contributed by atoms with E-state index in [1.54, 1.807) is 48.5 Å². The fraction of sp³-hybridized carbons (Fsp3) is 0.158. The topological polar surface area (TPSA) is 112 Å². The van der Waals surface area contributed by atoms with Gasteiger partial charge in [0.25, 0.3) is 5.91 Å². The van der Waals surface area contributed by atoms with Crippen LogP contribution in [0.4, 0.5) is 11.5 Å². The lowest BCUT2D eigenvalue weighted by Gasteiger charge is -2.07. The number of hydrogen-bond donors (Lipinski definition) is 2. The zero-order valence-corrected chi connectivity index (χ0v) is 15.0. The Morgan fingerprint density at radius 2 is 1.93 bits per heavy atom. The van der Waals surface area contributed by atoms with Gasteiger partial charge in [0.05, 0.1) is 12.3 Å². The molecule has 138 valence electrons. The highest BCUT2D eigenvalue weighted by Gasteiger charge is 2.19. The van der Waals surface area contributed by atoms with E-state index in [-0.39, 0.29) is 17.3 Å². The number of hydrogen-bond acceptors (Lipinski definition) is 6. The van der Waals surface area contributed by atoms with E-state index in [1.807, 2.05) is 6.92 Å². The third-order valence-corrected chi connectivity index (χ3v) is 3.84. The first-order valence-corrected chi connectivity index (χ1v) is 8.36. The molecule has 0 fully saturated rings. The van der Waals surface area contributed by atoms with Crippen LogP contribution in [0.15, 0.2) is 48.5 Å². The fourth-order valence-electron chi connectivity index (χ4n) is 2.50.